The number of nitrogens with one attached hydrogen (secondary N) is 1. The second-order valence-electron chi connectivity index (χ2n) is 5.71. The molecule has 0 amide bonds. The molecule has 1 aromatic heterocycles. The fraction of sp³-hybridized carbons (Fsp3) is 0.500. The standard InChI is InChI=1S/C16H22N4O4/c21-9-13(22)14(23)10-24-15-11-3-1-2-4-12(11)18-16(19-15)20-7-5-17-6-8-20/h1-4,13-14,17,21-23H,5-10H2/t13-,14-/m0/s1. The van der Waals surface area contributed by atoms with Gasteiger partial charge in [0, 0.05) is 26.2 Å². The molecule has 1 saturated heterocycles. The molecule has 0 saturated carbocycles. The van der Waals surface area contributed by atoms with Crippen molar-refractivity contribution in [2.75, 3.05) is 44.3 Å². The second kappa shape index (κ2) is 7.71. The molecule has 0 radical (unpaired) electrons. The molecule has 1 fully saturated rings. The largest absolute Gasteiger partial charge is 0.474 e. The molecule has 0 bridgehead atoms. The average molecular weight is 334 g/mol. The summed E-state index contributed by atoms with van der Waals surface area (Å²) in [5.74, 6) is 0.945. The summed E-state index contributed by atoms with van der Waals surface area (Å²) >= 11 is 0. The summed E-state index contributed by atoms with van der Waals surface area (Å²) in [6.07, 6.45) is -2.43. The van der Waals surface area contributed by atoms with E-state index in [1.54, 1.807) is 0 Å². The second-order valence-corrected chi connectivity index (χ2v) is 5.71. The van der Waals surface area contributed by atoms with E-state index in [0.717, 1.165) is 37.1 Å². The van der Waals surface area contributed by atoms with Crippen LogP contribution in [0.4, 0.5) is 5.95 Å². The zero-order valence-electron chi connectivity index (χ0n) is 13.3. The van der Waals surface area contributed by atoms with E-state index in [9.17, 15) is 10.2 Å². The third kappa shape index (κ3) is 3.73. The van der Waals surface area contributed by atoms with Gasteiger partial charge < -0.3 is 30.3 Å². The van der Waals surface area contributed by atoms with Gasteiger partial charge in [-0.05, 0) is 12.1 Å². The molecule has 24 heavy (non-hydrogen) atoms. The zero-order chi connectivity index (χ0) is 16.9. The van der Waals surface area contributed by atoms with Gasteiger partial charge in [-0.3, -0.25) is 0 Å². The molecule has 0 unspecified atom stereocenters. The summed E-state index contributed by atoms with van der Waals surface area (Å²) in [7, 11) is 0. The van der Waals surface area contributed by atoms with Crippen LogP contribution in [0, 0.1) is 0 Å². The third-order valence-electron chi connectivity index (χ3n) is 3.98. The van der Waals surface area contributed by atoms with Gasteiger partial charge in [0.25, 0.3) is 0 Å². The van der Waals surface area contributed by atoms with Crippen molar-refractivity contribution >= 4 is 16.9 Å². The van der Waals surface area contributed by atoms with Crippen LogP contribution in [-0.2, 0) is 0 Å². The van der Waals surface area contributed by atoms with E-state index in [4.69, 9.17) is 9.84 Å². The minimum Gasteiger partial charge on any atom is -0.474 e. The molecular formula is C16H22N4O4. The lowest BCUT2D eigenvalue weighted by atomic mass is 10.2. The normalized spacial score (nSPS) is 17.7. The van der Waals surface area contributed by atoms with Gasteiger partial charge in [0.1, 0.15) is 18.8 Å². The van der Waals surface area contributed by atoms with Gasteiger partial charge in [0.05, 0.1) is 17.5 Å². The molecule has 130 valence electrons. The van der Waals surface area contributed by atoms with Crippen molar-refractivity contribution in [1.82, 2.24) is 15.3 Å². The van der Waals surface area contributed by atoms with Gasteiger partial charge in [-0.2, -0.15) is 4.98 Å². The van der Waals surface area contributed by atoms with Crippen molar-refractivity contribution in [3.05, 3.63) is 24.3 Å². The fourth-order valence-electron chi connectivity index (χ4n) is 2.55. The third-order valence-corrected chi connectivity index (χ3v) is 3.98. The van der Waals surface area contributed by atoms with E-state index in [2.05, 4.69) is 20.2 Å². The molecule has 2 atom stereocenters. The molecule has 2 heterocycles. The molecule has 8 heteroatoms. The SMILES string of the molecule is OC[C@H](O)[C@@H](O)COc1nc(N2CCNCC2)nc2ccccc12. The van der Waals surface area contributed by atoms with Gasteiger partial charge in [-0.25, -0.2) is 4.98 Å². The Hall–Kier alpha value is -2.00. The number of aliphatic hydroxyl groups excluding tert-OH is 3. The highest BCUT2D eigenvalue weighted by atomic mass is 16.5. The Morgan fingerprint density at radius 2 is 1.88 bits per heavy atom. The number of para-hydroxylation sites is 1. The molecule has 0 aliphatic carbocycles. The molecule has 8 nitrogen and oxygen atoms in total. The van der Waals surface area contributed by atoms with Gasteiger partial charge >= 0.3 is 0 Å². The summed E-state index contributed by atoms with van der Waals surface area (Å²) in [6, 6.07) is 7.49. The van der Waals surface area contributed by atoms with Crippen molar-refractivity contribution < 1.29 is 20.1 Å². The topological polar surface area (TPSA) is 111 Å². The highest BCUT2D eigenvalue weighted by Crippen LogP contribution is 2.25. The van der Waals surface area contributed by atoms with Crippen molar-refractivity contribution in [2.24, 2.45) is 0 Å². The number of hydrogen-bond donors (Lipinski definition) is 4. The molecule has 0 spiro atoms. The van der Waals surface area contributed by atoms with E-state index < -0.39 is 18.8 Å². The number of aromatic nitrogens is 2. The summed E-state index contributed by atoms with van der Waals surface area (Å²) < 4.78 is 5.62. The van der Waals surface area contributed by atoms with Crippen LogP contribution in [0.5, 0.6) is 5.88 Å². The van der Waals surface area contributed by atoms with Gasteiger partial charge in [-0.15, -0.1) is 0 Å². The van der Waals surface area contributed by atoms with E-state index in [1.807, 2.05) is 24.3 Å². The number of anilines is 1. The van der Waals surface area contributed by atoms with Crippen LogP contribution in [0.1, 0.15) is 0 Å². The van der Waals surface area contributed by atoms with E-state index >= 15 is 0 Å². The van der Waals surface area contributed by atoms with Crippen LogP contribution in [0.2, 0.25) is 0 Å². The van der Waals surface area contributed by atoms with E-state index in [1.165, 1.54) is 0 Å². The smallest absolute Gasteiger partial charge is 0.229 e. The number of piperazine rings is 1. The van der Waals surface area contributed by atoms with Crippen LogP contribution >= 0.6 is 0 Å². The van der Waals surface area contributed by atoms with Crippen molar-refractivity contribution in [3.63, 3.8) is 0 Å². The molecule has 1 aliphatic heterocycles. The lowest BCUT2D eigenvalue weighted by Crippen LogP contribution is -2.44. The number of ether oxygens (including phenoxy) is 1. The highest BCUT2D eigenvalue weighted by molar-refractivity contribution is 5.84. The van der Waals surface area contributed by atoms with Crippen molar-refractivity contribution in [1.29, 1.82) is 0 Å². The number of benzene rings is 1. The van der Waals surface area contributed by atoms with E-state index in [0.29, 0.717) is 11.8 Å². The fourth-order valence-corrected chi connectivity index (χ4v) is 2.55. The first-order chi connectivity index (χ1) is 11.7. The summed E-state index contributed by atoms with van der Waals surface area (Å²) in [5.41, 5.74) is 0.758. The molecule has 3 rings (SSSR count). The average Bonchev–Trinajstić information content (AvgIpc) is 2.65. The Balaban J connectivity index is 1.86. The van der Waals surface area contributed by atoms with E-state index in [-0.39, 0.29) is 6.61 Å². The quantitative estimate of drug-likeness (QED) is 0.540. The van der Waals surface area contributed by atoms with Gasteiger partial charge in [0.15, 0.2) is 0 Å². The zero-order valence-corrected chi connectivity index (χ0v) is 13.3. The lowest BCUT2D eigenvalue weighted by molar-refractivity contribution is -0.0343. The predicted molar refractivity (Wildman–Crippen MR) is 89.2 cm³/mol. The lowest BCUT2D eigenvalue weighted by Gasteiger charge is -2.28. The highest BCUT2D eigenvalue weighted by Gasteiger charge is 2.19. The van der Waals surface area contributed by atoms with Crippen LogP contribution < -0.4 is 15.0 Å². The molecule has 1 aliphatic rings. The Kier molecular flexibility index (Phi) is 5.41. The predicted octanol–water partition coefficient (Wildman–Crippen LogP) is -0.868. The minimum absolute atomic E-state index is 0.163. The number of rotatable bonds is 6. The van der Waals surface area contributed by atoms with Crippen LogP contribution in [-0.4, -0.2) is 76.9 Å². The first kappa shape index (κ1) is 16.8. The number of aliphatic hydroxyl groups is 3. The van der Waals surface area contributed by atoms with Crippen molar-refractivity contribution in [2.45, 2.75) is 12.2 Å². The maximum absolute atomic E-state index is 9.77. The first-order valence-corrected chi connectivity index (χ1v) is 8.01. The summed E-state index contributed by atoms with van der Waals surface area (Å²) in [6.45, 7) is 2.67. The number of fused-ring (bicyclic) bond motifs is 1. The molecule has 2 aromatic rings. The van der Waals surface area contributed by atoms with Gasteiger partial charge in [-0.1, -0.05) is 12.1 Å². The summed E-state index contributed by atoms with van der Waals surface area (Å²) in [5, 5.41) is 32.1. The van der Waals surface area contributed by atoms with Crippen LogP contribution in [0.3, 0.4) is 0 Å². The number of nitrogens with zero attached hydrogens (tertiary/aromatic N) is 3. The molecule has 1 aromatic carbocycles. The Bertz CT molecular complexity index is 678. The Morgan fingerprint density at radius 1 is 1.12 bits per heavy atom. The first-order valence-electron chi connectivity index (χ1n) is 8.01. The molecular weight excluding hydrogens is 312 g/mol. The monoisotopic (exact) mass is 334 g/mol. The maximum atomic E-state index is 9.77. The summed E-state index contributed by atoms with van der Waals surface area (Å²) in [4.78, 5) is 11.2. The van der Waals surface area contributed by atoms with Crippen LogP contribution in [0.15, 0.2) is 24.3 Å². The maximum Gasteiger partial charge on any atom is 0.229 e. The Labute approximate surface area is 139 Å². The Morgan fingerprint density at radius 3 is 2.62 bits per heavy atom. The number of hydrogen-bond acceptors (Lipinski definition) is 8. The minimum atomic E-state index is -1.24. The van der Waals surface area contributed by atoms with Crippen LogP contribution in [0.25, 0.3) is 10.9 Å². The van der Waals surface area contributed by atoms with Crippen molar-refractivity contribution in [3.8, 4) is 5.88 Å². The van der Waals surface area contributed by atoms with Gasteiger partial charge in [0.2, 0.25) is 11.8 Å². The molecule has 4 N–H and O–H groups in total.